The van der Waals surface area contributed by atoms with Crippen LogP contribution in [-0.2, 0) is 24.3 Å². The van der Waals surface area contributed by atoms with Crippen molar-refractivity contribution in [1.82, 2.24) is 14.9 Å². The van der Waals surface area contributed by atoms with Crippen LogP contribution < -0.4 is 5.32 Å². The van der Waals surface area contributed by atoms with Crippen molar-refractivity contribution >= 4 is 16.9 Å². The summed E-state index contributed by atoms with van der Waals surface area (Å²) in [4.78, 5) is 17.4. The molecule has 4 nitrogen and oxygen atoms in total. The Bertz CT molecular complexity index is 910. The van der Waals surface area contributed by atoms with Gasteiger partial charge in [0, 0.05) is 12.5 Å². The van der Waals surface area contributed by atoms with E-state index in [0.717, 1.165) is 49.1 Å². The van der Waals surface area contributed by atoms with E-state index in [0.29, 0.717) is 6.54 Å². The number of amides is 1. The third-order valence-corrected chi connectivity index (χ3v) is 5.82. The molecule has 0 bridgehead atoms. The van der Waals surface area contributed by atoms with E-state index in [-0.39, 0.29) is 11.8 Å². The maximum absolute atomic E-state index is 12.5. The number of benzene rings is 2. The van der Waals surface area contributed by atoms with Gasteiger partial charge in [-0.1, -0.05) is 61.7 Å². The van der Waals surface area contributed by atoms with Gasteiger partial charge in [-0.05, 0) is 43.4 Å². The molecule has 0 radical (unpaired) electrons. The molecule has 3 aromatic rings. The zero-order valence-electron chi connectivity index (χ0n) is 16.4. The molecule has 0 aliphatic heterocycles. The minimum absolute atomic E-state index is 0.185. The lowest BCUT2D eigenvalue weighted by atomic mass is 9.89. The first-order chi connectivity index (χ1) is 13.8. The summed E-state index contributed by atoms with van der Waals surface area (Å²) in [6, 6.07) is 18.8. The van der Waals surface area contributed by atoms with Gasteiger partial charge in [0.15, 0.2) is 0 Å². The zero-order valence-corrected chi connectivity index (χ0v) is 16.4. The molecule has 0 unspecified atom stereocenters. The van der Waals surface area contributed by atoms with Crippen molar-refractivity contribution in [3.05, 3.63) is 66.0 Å². The van der Waals surface area contributed by atoms with Crippen LogP contribution >= 0.6 is 0 Å². The third-order valence-electron chi connectivity index (χ3n) is 5.82. The Morgan fingerprint density at radius 3 is 2.57 bits per heavy atom. The van der Waals surface area contributed by atoms with Crippen molar-refractivity contribution in [3.8, 4) is 0 Å². The lowest BCUT2D eigenvalue weighted by Crippen LogP contribution is -2.32. The summed E-state index contributed by atoms with van der Waals surface area (Å²) < 4.78 is 2.28. The van der Waals surface area contributed by atoms with Gasteiger partial charge in [0.1, 0.15) is 5.82 Å². The molecule has 0 saturated heterocycles. The smallest absolute Gasteiger partial charge is 0.223 e. The minimum Gasteiger partial charge on any atom is -0.349 e. The highest BCUT2D eigenvalue weighted by Gasteiger charge is 2.21. The highest BCUT2D eigenvalue weighted by atomic mass is 16.1. The van der Waals surface area contributed by atoms with Crippen molar-refractivity contribution in [2.45, 2.75) is 58.0 Å². The molecular weight excluding hydrogens is 346 g/mol. The van der Waals surface area contributed by atoms with Gasteiger partial charge < -0.3 is 9.88 Å². The van der Waals surface area contributed by atoms with Crippen molar-refractivity contribution in [2.24, 2.45) is 5.92 Å². The third kappa shape index (κ3) is 4.44. The highest BCUT2D eigenvalue weighted by molar-refractivity contribution is 5.79. The summed E-state index contributed by atoms with van der Waals surface area (Å²) >= 11 is 0. The predicted molar refractivity (Wildman–Crippen MR) is 113 cm³/mol. The molecule has 4 rings (SSSR count). The summed E-state index contributed by atoms with van der Waals surface area (Å²) in [5, 5.41) is 3.16. The molecule has 1 aliphatic carbocycles. The number of hydrogen-bond acceptors (Lipinski definition) is 2. The van der Waals surface area contributed by atoms with Crippen molar-refractivity contribution in [3.63, 3.8) is 0 Å². The molecule has 146 valence electrons. The number of para-hydroxylation sites is 2. The number of aromatic nitrogens is 2. The highest BCUT2D eigenvalue weighted by Crippen LogP contribution is 2.24. The molecule has 1 N–H and O–H groups in total. The molecule has 0 atom stereocenters. The lowest BCUT2D eigenvalue weighted by molar-refractivity contribution is -0.126. The molecule has 28 heavy (non-hydrogen) atoms. The van der Waals surface area contributed by atoms with Crippen LogP contribution in [0.25, 0.3) is 11.0 Å². The first-order valence-electron chi connectivity index (χ1n) is 10.6. The van der Waals surface area contributed by atoms with E-state index in [1.165, 1.54) is 24.8 Å². The normalized spacial score (nSPS) is 15.0. The second-order valence-corrected chi connectivity index (χ2v) is 7.81. The van der Waals surface area contributed by atoms with Crippen LogP contribution in [0, 0.1) is 5.92 Å². The summed E-state index contributed by atoms with van der Waals surface area (Å²) in [5.74, 6) is 1.34. The van der Waals surface area contributed by atoms with Crippen molar-refractivity contribution in [1.29, 1.82) is 0 Å². The standard InChI is InChI=1S/C24H29N3O/c28-24(20-13-5-2-6-14-20)25-18-23-26-21-15-7-8-16-22(21)27(23)17-9-12-19-10-3-1-4-11-19/h1,3-4,7-8,10-11,15-16,20H,2,5-6,9,12-14,17-18H2,(H,25,28). The molecule has 1 amide bonds. The van der Waals surface area contributed by atoms with Crippen LogP contribution in [0.2, 0.25) is 0 Å². The van der Waals surface area contributed by atoms with E-state index in [2.05, 4.69) is 58.4 Å². The molecule has 0 spiro atoms. The Kier molecular flexibility index (Phi) is 6.05. The quantitative estimate of drug-likeness (QED) is 0.641. The number of aryl methyl sites for hydroxylation is 2. The van der Waals surface area contributed by atoms with Gasteiger partial charge in [-0.15, -0.1) is 0 Å². The van der Waals surface area contributed by atoms with Gasteiger partial charge >= 0.3 is 0 Å². The second kappa shape index (κ2) is 9.05. The maximum Gasteiger partial charge on any atom is 0.223 e. The fraction of sp³-hybridized carbons (Fsp3) is 0.417. The Labute approximate surface area is 167 Å². The average Bonchev–Trinajstić information content (AvgIpc) is 3.11. The fourth-order valence-electron chi connectivity index (χ4n) is 4.27. The Morgan fingerprint density at radius 2 is 1.75 bits per heavy atom. The van der Waals surface area contributed by atoms with Crippen LogP contribution in [0.1, 0.15) is 49.9 Å². The molecule has 1 aromatic heterocycles. The number of nitrogens with one attached hydrogen (secondary N) is 1. The monoisotopic (exact) mass is 375 g/mol. The van der Waals surface area contributed by atoms with Gasteiger partial charge in [-0.2, -0.15) is 0 Å². The number of imidazole rings is 1. The summed E-state index contributed by atoms with van der Waals surface area (Å²) in [7, 11) is 0. The molecular formula is C24H29N3O. The van der Waals surface area contributed by atoms with Gasteiger partial charge in [0.2, 0.25) is 5.91 Å². The number of fused-ring (bicyclic) bond motifs is 1. The van der Waals surface area contributed by atoms with Gasteiger partial charge in [-0.3, -0.25) is 4.79 Å². The topological polar surface area (TPSA) is 46.9 Å². The second-order valence-electron chi connectivity index (χ2n) is 7.81. The number of hydrogen-bond donors (Lipinski definition) is 1. The fourth-order valence-corrected chi connectivity index (χ4v) is 4.27. The van der Waals surface area contributed by atoms with E-state index in [1.807, 2.05) is 6.07 Å². The molecule has 4 heteroatoms. The summed E-state index contributed by atoms with van der Waals surface area (Å²) in [6.45, 7) is 1.42. The first kappa shape index (κ1) is 18.7. The lowest BCUT2D eigenvalue weighted by Gasteiger charge is -2.20. The Hall–Kier alpha value is -2.62. The molecule has 1 aliphatic rings. The number of rotatable bonds is 7. The predicted octanol–water partition coefficient (Wildman–Crippen LogP) is 4.87. The number of nitrogens with zero attached hydrogens (tertiary/aromatic N) is 2. The average molecular weight is 376 g/mol. The largest absolute Gasteiger partial charge is 0.349 e. The Balaban J connectivity index is 1.44. The van der Waals surface area contributed by atoms with Crippen LogP contribution in [0.3, 0.4) is 0 Å². The van der Waals surface area contributed by atoms with E-state index < -0.39 is 0 Å². The molecule has 1 heterocycles. The van der Waals surface area contributed by atoms with E-state index in [4.69, 9.17) is 4.98 Å². The van der Waals surface area contributed by atoms with Crippen molar-refractivity contribution < 1.29 is 4.79 Å². The number of carbonyl (C=O) groups is 1. The van der Waals surface area contributed by atoms with Crippen LogP contribution in [-0.4, -0.2) is 15.5 Å². The van der Waals surface area contributed by atoms with Crippen molar-refractivity contribution in [2.75, 3.05) is 0 Å². The Morgan fingerprint density at radius 1 is 1.00 bits per heavy atom. The summed E-state index contributed by atoms with van der Waals surface area (Å²) in [6.07, 6.45) is 7.76. The molecule has 1 fully saturated rings. The maximum atomic E-state index is 12.5. The summed E-state index contributed by atoms with van der Waals surface area (Å²) in [5.41, 5.74) is 3.51. The molecule has 2 aromatic carbocycles. The van der Waals surface area contributed by atoms with Gasteiger partial charge in [0.05, 0.1) is 17.6 Å². The van der Waals surface area contributed by atoms with Crippen LogP contribution in [0.5, 0.6) is 0 Å². The molecule has 1 saturated carbocycles. The zero-order chi connectivity index (χ0) is 19.2. The van der Waals surface area contributed by atoms with Gasteiger partial charge in [-0.25, -0.2) is 4.98 Å². The van der Waals surface area contributed by atoms with Gasteiger partial charge in [0.25, 0.3) is 0 Å². The number of carbonyl (C=O) groups excluding carboxylic acids is 1. The van der Waals surface area contributed by atoms with E-state index in [9.17, 15) is 4.79 Å². The minimum atomic E-state index is 0.185. The van der Waals surface area contributed by atoms with Crippen LogP contribution in [0.4, 0.5) is 0 Å². The SMILES string of the molecule is O=C(NCc1nc2ccccc2n1CCCc1ccccc1)C1CCCCC1. The van der Waals surface area contributed by atoms with Crippen LogP contribution in [0.15, 0.2) is 54.6 Å². The van der Waals surface area contributed by atoms with E-state index in [1.54, 1.807) is 0 Å². The first-order valence-corrected chi connectivity index (χ1v) is 10.6. The van der Waals surface area contributed by atoms with E-state index >= 15 is 0 Å².